The molecule has 0 amide bonds. The van der Waals surface area contributed by atoms with Crippen LogP contribution in [0.2, 0.25) is 0 Å². The Balaban J connectivity index is 1.99. The van der Waals surface area contributed by atoms with Gasteiger partial charge in [-0.2, -0.15) is 4.57 Å². The Bertz CT molecular complexity index is 1070. The zero-order chi connectivity index (χ0) is 20.0. The quantitative estimate of drug-likeness (QED) is 0.507. The normalized spacial score (nSPS) is 17.3. The lowest BCUT2D eigenvalue weighted by Crippen LogP contribution is -2.35. The molecule has 2 aromatic carbocycles. The summed E-state index contributed by atoms with van der Waals surface area (Å²) in [5.74, 6) is 0.605. The van der Waals surface area contributed by atoms with Gasteiger partial charge in [0.1, 0.15) is 7.05 Å². The fourth-order valence-corrected chi connectivity index (χ4v) is 4.22. The highest BCUT2D eigenvalue weighted by molar-refractivity contribution is 5.94. The van der Waals surface area contributed by atoms with E-state index in [0.717, 1.165) is 33.3 Å². The van der Waals surface area contributed by atoms with Crippen LogP contribution in [0, 0.1) is 13.8 Å². The number of benzene rings is 2. The molecule has 0 radical (unpaired) electrons. The average Bonchev–Trinajstić information content (AvgIpc) is 2.70. The van der Waals surface area contributed by atoms with Gasteiger partial charge < -0.3 is 0 Å². The molecule has 3 aromatic rings. The van der Waals surface area contributed by atoms with Gasteiger partial charge in [0, 0.05) is 18.5 Å². The van der Waals surface area contributed by atoms with Gasteiger partial charge in [-0.05, 0) is 54.3 Å². The van der Waals surface area contributed by atoms with Crippen LogP contribution in [-0.2, 0) is 7.05 Å². The van der Waals surface area contributed by atoms with E-state index < -0.39 is 0 Å². The summed E-state index contributed by atoms with van der Waals surface area (Å²) >= 11 is 0. The number of rotatable bonds is 2. The van der Waals surface area contributed by atoms with E-state index in [9.17, 15) is 0 Å². The molecule has 1 saturated carbocycles. The van der Waals surface area contributed by atoms with Crippen molar-refractivity contribution in [3.8, 4) is 11.3 Å². The van der Waals surface area contributed by atoms with Crippen molar-refractivity contribution in [2.24, 2.45) is 7.05 Å². The third kappa shape index (κ3) is 2.97. The number of hydrogen-bond acceptors (Lipinski definition) is 0. The molecule has 1 aromatic heterocycles. The molecule has 25 heavy (non-hydrogen) atoms. The van der Waals surface area contributed by atoms with Crippen molar-refractivity contribution in [2.45, 2.75) is 51.9 Å². The van der Waals surface area contributed by atoms with Gasteiger partial charge in [0.25, 0.3) is 0 Å². The minimum atomic E-state index is 0.352. The minimum absolute atomic E-state index is 0.352. The second-order valence-corrected chi connectivity index (χ2v) is 7.40. The van der Waals surface area contributed by atoms with Crippen LogP contribution >= 0.6 is 0 Å². The van der Waals surface area contributed by atoms with E-state index in [-0.39, 0.29) is 0 Å². The molecule has 0 aliphatic heterocycles. The van der Waals surface area contributed by atoms with Gasteiger partial charge in [-0.15, -0.1) is 0 Å². The second kappa shape index (κ2) is 6.63. The molecule has 0 spiro atoms. The van der Waals surface area contributed by atoms with Gasteiger partial charge in [-0.1, -0.05) is 49.5 Å². The van der Waals surface area contributed by atoms with Crippen molar-refractivity contribution < 1.29 is 8.68 Å². The van der Waals surface area contributed by atoms with Gasteiger partial charge in [0.2, 0.25) is 5.69 Å². The van der Waals surface area contributed by atoms with Crippen molar-refractivity contribution >= 4 is 10.8 Å². The smallest absolute Gasteiger partial charge is 0.198 e. The predicted molar refractivity (Wildman–Crippen MR) is 106 cm³/mol. The maximum absolute atomic E-state index is 8.74. The molecule has 1 nitrogen and oxygen atoms in total. The van der Waals surface area contributed by atoms with Crippen LogP contribution in [0.4, 0.5) is 0 Å². The number of fused-ring (bicyclic) bond motifs is 1. The van der Waals surface area contributed by atoms with E-state index in [1.807, 2.05) is 31.5 Å². The summed E-state index contributed by atoms with van der Waals surface area (Å²) in [6.07, 6.45) is 6.42. The van der Waals surface area contributed by atoms with E-state index in [0.29, 0.717) is 24.0 Å². The third-order valence-electron chi connectivity index (χ3n) is 5.79. The fraction of sp³-hybridized carbons (Fsp3) is 0.375. The van der Waals surface area contributed by atoms with Gasteiger partial charge >= 0.3 is 0 Å². The number of nitrogens with zero attached hydrogens (tertiary/aromatic N) is 1. The first-order valence-electron chi connectivity index (χ1n) is 10.9. The zero-order valence-corrected chi connectivity index (χ0v) is 15.4. The Hall–Kier alpha value is -2.15. The minimum Gasteiger partial charge on any atom is -0.198 e. The molecule has 0 N–H and O–H groups in total. The molecule has 0 atom stereocenters. The number of aromatic nitrogens is 1. The molecule has 1 heterocycles. The van der Waals surface area contributed by atoms with Crippen molar-refractivity contribution in [1.29, 1.82) is 0 Å². The topological polar surface area (TPSA) is 3.88 Å². The largest absolute Gasteiger partial charge is 0.220 e. The standard InChI is InChI=1S/C24H28N/c1-17-9-7-8-12-22(17)24-23-14-13-20(19-10-5-4-6-11-19)16-21(23)15-18(2)25(24)3/h7-9,12-16,19H,4-6,10-11H2,1-3H3/q+1/i8D,9D,15D. The third-order valence-corrected chi connectivity index (χ3v) is 5.79. The molecular formula is C24H28N+. The summed E-state index contributed by atoms with van der Waals surface area (Å²) in [6.45, 7) is 3.93. The van der Waals surface area contributed by atoms with Gasteiger partial charge in [0.15, 0.2) is 5.69 Å². The molecule has 0 saturated heterocycles. The van der Waals surface area contributed by atoms with Crippen LogP contribution in [0.25, 0.3) is 22.0 Å². The maximum Gasteiger partial charge on any atom is 0.220 e. The monoisotopic (exact) mass is 333 g/mol. The molecule has 1 heteroatoms. The Kier molecular flexibility index (Phi) is 3.48. The van der Waals surface area contributed by atoms with E-state index in [4.69, 9.17) is 4.11 Å². The summed E-state index contributed by atoms with van der Waals surface area (Å²) < 4.78 is 27.1. The van der Waals surface area contributed by atoms with Crippen molar-refractivity contribution in [1.82, 2.24) is 0 Å². The van der Waals surface area contributed by atoms with Gasteiger partial charge in [-0.25, -0.2) is 0 Å². The first-order valence-corrected chi connectivity index (χ1v) is 9.39. The van der Waals surface area contributed by atoms with Crippen LogP contribution in [0.5, 0.6) is 0 Å². The van der Waals surface area contributed by atoms with E-state index in [1.165, 1.54) is 37.7 Å². The predicted octanol–water partition coefficient (Wildman–Crippen LogP) is 6.00. The van der Waals surface area contributed by atoms with Gasteiger partial charge in [-0.3, -0.25) is 0 Å². The Morgan fingerprint density at radius 2 is 1.88 bits per heavy atom. The zero-order valence-electron chi connectivity index (χ0n) is 18.4. The molecule has 1 fully saturated rings. The summed E-state index contributed by atoms with van der Waals surface area (Å²) in [5.41, 5.74) is 5.05. The van der Waals surface area contributed by atoms with Crippen LogP contribution < -0.4 is 4.57 Å². The van der Waals surface area contributed by atoms with E-state index in [1.54, 1.807) is 6.07 Å². The highest BCUT2D eigenvalue weighted by atomic mass is 14.9. The molecule has 0 unspecified atom stereocenters. The van der Waals surface area contributed by atoms with E-state index >= 15 is 0 Å². The summed E-state index contributed by atoms with van der Waals surface area (Å²) in [7, 11) is 1.98. The molecule has 128 valence electrons. The molecule has 0 bridgehead atoms. The lowest BCUT2D eigenvalue weighted by Gasteiger charge is -2.22. The van der Waals surface area contributed by atoms with Crippen LogP contribution in [0.15, 0.2) is 48.5 Å². The summed E-state index contributed by atoms with van der Waals surface area (Å²) in [5, 5.41) is 2.01. The van der Waals surface area contributed by atoms with Gasteiger partial charge in [0.05, 0.1) is 9.50 Å². The SMILES string of the molecule is [2H]c1cc([2H])c(C)c(-c2c3ccc(C4CCCCC4)cc3c([2H])c(C)[n+]2C)c1. The average molecular weight is 334 g/mol. The lowest BCUT2D eigenvalue weighted by atomic mass is 9.83. The van der Waals surface area contributed by atoms with E-state index in [2.05, 4.69) is 18.2 Å². The van der Waals surface area contributed by atoms with Crippen molar-refractivity contribution in [3.05, 3.63) is 65.3 Å². The fourth-order valence-electron chi connectivity index (χ4n) is 4.22. The Morgan fingerprint density at radius 3 is 2.68 bits per heavy atom. The number of pyridine rings is 1. The summed E-state index contributed by atoms with van der Waals surface area (Å²) in [6, 6.07) is 11.4. The molecular weight excluding hydrogens is 302 g/mol. The first-order chi connectivity index (χ1) is 13.4. The lowest BCUT2D eigenvalue weighted by molar-refractivity contribution is -0.665. The van der Waals surface area contributed by atoms with Crippen LogP contribution in [0.1, 0.15) is 59.0 Å². The highest BCUT2D eigenvalue weighted by Crippen LogP contribution is 2.35. The second-order valence-electron chi connectivity index (χ2n) is 7.40. The molecule has 1 aliphatic rings. The Labute approximate surface area is 155 Å². The highest BCUT2D eigenvalue weighted by Gasteiger charge is 2.21. The molecule has 1 aliphatic carbocycles. The first kappa shape index (κ1) is 13.1. The maximum atomic E-state index is 8.74. The molecule has 4 rings (SSSR count). The Morgan fingerprint density at radius 1 is 1.08 bits per heavy atom. The number of hydrogen-bond donors (Lipinski definition) is 0. The summed E-state index contributed by atoms with van der Waals surface area (Å²) in [4.78, 5) is 0. The van der Waals surface area contributed by atoms with Crippen molar-refractivity contribution in [3.63, 3.8) is 0 Å². The van der Waals surface area contributed by atoms with Crippen LogP contribution in [-0.4, -0.2) is 0 Å². The van der Waals surface area contributed by atoms with Crippen LogP contribution in [0.3, 0.4) is 0 Å². The van der Waals surface area contributed by atoms with Crippen molar-refractivity contribution in [2.75, 3.05) is 0 Å².